The van der Waals surface area contributed by atoms with Crippen LogP contribution in [0.4, 0.5) is 4.79 Å². The number of esters is 1. The number of thioether (sulfide) groups is 1. The number of phenolic OH excluding ortho intramolecular Hbond substituents is 1. The third-order valence-corrected chi connectivity index (χ3v) is 5.77. The van der Waals surface area contributed by atoms with Crippen LogP contribution in [0, 0.1) is 0 Å². The van der Waals surface area contributed by atoms with Gasteiger partial charge in [0.05, 0.1) is 11.5 Å². The van der Waals surface area contributed by atoms with Crippen molar-refractivity contribution in [2.75, 3.05) is 6.61 Å². The molecule has 1 fully saturated rings. The molecule has 164 valence electrons. The van der Waals surface area contributed by atoms with Crippen LogP contribution in [0.2, 0.25) is 0 Å². The zero-order chi connectivity index (χ0) is 23.0. The molecule has 1 aliphatic rings. The Morgan fingerprint density at radius 3 is 2.07 bits per heavy atom. The smallest absolute Gasteiger partial charge is 0.329 e. The van der Waals surface area contributed by atoms with E-state index in [-0.39, 0.29) is 28.1 Å². The summed E-state index contributed by atoms with van der Waals surface area (Å²) < 4.78 is 4.94. The quantitative estimate of drug-likeness (QED) is 0.533. The van der Waals surface area contributed by atoms with Crippen molar-refractivity contribution in [1.29, 1.82) is 0 Å². The molecule has 1 aromatic carbocycles. The molecule has 0 saturated carbocycles. The van der Waals surface area contributed by atoms with Crippen LogP contribution in [0.15, 0.2) is 17.0 Å². The SMILES string of the molecule is CCOC(=O)[C@H](C)N1C(=O)S/C(=C\c2cc(C(C)(C)C)c(O)c(C(C)(C)C)c2)C1=O. The van der Waals surface area contributed by atoms with Crippen LogP contribution in [-0.4, -0.2) is 39.8 Å². The van der Waals surface area contributed by atoms with Crippen LogP contribution >= 0.6 is 11.8 Å². The van der Waals surface area contributed by atoms with E-state index in [9.17, 15) is 19.5 Å². The average molecular weight is 434 g/mol. The lowest BCUT2D eigenvalue weighted by Crippen LogP contribution is -2.42. The average Bonchev–Trinajstić information content (AvgIpc) is 2.87. The Morgan fingerprint density at radius 2 is 1.63 bits per heavy atom. The number of rotatable bonds is 4. The van der Waals surface area contributed by atoms with Gasteiger partial charge in [0, 0.05) is 11.1 Å². The van der Waals surface area contributed by atoms with Gasteiger partial charge in [-0.1, -0.05) is 41.5 Å². The lowest BCUT2D eigenvalue weighted by atomic mass is 9.78. The van der Waals surface area contributed by atoms with Gasteiger partial charge in [-0.25, -0.2) is 4.79 Å². The van der Waals surface area contributed by atoms with Gasteiger partial charge in [-0.15, -0.1) is 0 Å². The molecule has 1 heterocycles. The van der Waals surface area contributed by atoms with Crippen LogP contribution in [-0.2, 0) is 25.2 Å². The summed E-state index contributed by atoms with van der Waals surface area (Å²) >= 11 is 0.800. The standard InChI is InChI=1S/C23H31NO5S/c1-9-29-20(27)13(2)24-19(26)17(30-21(24)28)12-14-10-15(22(3,4)5)18(25)16(11-14)23(6,7)8/h10-13,25H,9H2,1-8H3/b17-12-/t13-/m0/s1. The molecule has 1 saturated heterocycles. The molecule has 0 aliphatic carbocycles. The van der Waals surface area contributed by atoms with Crippen molar-refractivity contribution < 1.29 is 24.2 Å². The van der Waals surface area contributed by atoms with Gasteiger partial charge in [-0.05, 0) is 60.2 Å². The predicted octanol–water partition coefficient (Wildman–Crippen LogP) is 4.98. The summed E-state index contributed by atoms with van der Waals surface area (Å²) in [5, 5.41) is 10.4. The molecule has 0 radical (unpaired) electrons. The summed E-state index contributed by atoms with van der Waals surface area (Å²) in [5.41, 5.74) is 1.62. The first-order valence-electron chi connectivity index (χ1n) is 10.00. The lowest BCUT2D eigenvalue weighted by molar-refractivity contribution is -0.150. The van der Waals surface area contributed by atoms with Crippen molar-refractivity contribution in [3.05, 3.63) is 33.7 Å². The van der Waals surface area contributed by atoms with Crippen molar-refractivity contribution in [2.24, 2.45) is 0 Å². The number of aromatic hydroxyl groups is 1. The van der Waals surface area contributed by atoms with E-state index < -0.39 is 23.2 Å². The van der Waals surface area contributed by atoms with E-state index >= 15 is 0 Å². The molecule has 2 rings (SSSR count). The normalized spacial score (nSPS) is 17.6. The van der Waals surface area contributed by atoms with E-state index in [1.807, 2.05) is 53.7 Å². The predicted molar refractivity (Wildman–Crippen MR) is 119 cm³/mol. The number of benzene rings is 1. The van der Waals surface area contributed by atoms with Crippen LogP contribution in [0.25, 0.3) is 6.08 Å². The Balaban J connectivity index is 2.52. The molecule has 0 bridgehead atoms. The Bertz CT molecular complexity index is 870. The highest BCUT2D eigenvalue weighted by molar-refractivity contribution is 8.18. The molecule has 1 N–H and O–H groups in total. The fourth-order valence-electron chi connectivity index (χ4n) is 3.22. The van der Waals surface area contributed by atoms with Gasteiger partial charge in [-0.3, -0.25) is 14.5 Å². The van der Waals surface area contributed by atoms with Gasteiger partial charge in [-0.2, -0.15) is 0 Å². The van der Waals surface area contributed by atoms with Gasteiger partial charge >= 0.3 is 5.97 Å². The van der Waals surface area contributed by atoms with Gasteiger partial charge in [0.1, 0.15) is 11.8 Å². The fourth-order valence-corrected chi connectivity index (χ4v) is 4.13. The molecule has 6 nitrogen and oxygen atoms in total. The molecular formula is C23H31NO5S. The number of nitrogens with zero attached hydrogens (tertiary/aromatic N) is 1. The van der Waals surface area contributed by atoms with E-state index in [2.05, 4.69) is 0 Å². The third kappa shape index (κ3) is 4.89. The highest BCUT2D eigenvalue weighted by atomic mass is 32.2. The zero-order valence-electron chi connectivity index (χ0n) is 19.0. The van der Waals surface area contributed by atoms with E-state index in [1.165, 1.54) is 6.92 Å². The van der Waals surface area contributed by atoms with Gasteiger partial charge in [0.2, 0.25) is 0 Å². The van der Waals surface area contributed by atoms with Crippen molar-refractivity contribution >= 4 is 35.0 Å². The second kappa shape index (κ2) is 8.46. The summed E-state index contributed by atoms with van der Waals surface area (Å²) in [5.74, 6) is -0.889. The summed E-state index contributed by atoms with van der Waals surface area (Å²) in [4.78, 5) is 38.5. The molecule has 0 unspecified atom stereocenters. The van der Waals surface area contributed by atoms with Crippen LogP contribution in [0.3, 0.4) is 0 Å². The van der Waals surface area contributed by atoms with Crippen molar-refractivity contribution in [1.82, 2.24) is 4.90 Å². The van der Waals surface area contributed by atoms with Crippen LogP contribution in [0.5, 0.6) is 5.75 Å². The number of hydrogen-bond acceptors (Lipinski definition) is 6. The maximum atomic E-state index is 12.9. The van der Waals surface area contributed by atoms with Gasteiger partial charge in [0.25, 0.3) is 11.1 Å². The Morgan fingerprint density at radius 1 is 1.13 bits per heavy atom. The highest BCUT2D eigenvalue weighted by Gasteiger charge is 2.41. The van der Waals surface area contributed by atoms with Crippen molar-refractivity contribution in [3.63, 3.8) is 0 Å². The van der Waals surface area contributed by atoms with Crippen LogP contribution in [0.1, 0.15) is 72.1 Å². The first-order chi connectivity index (χ1) is 13.7. The molecule has 0 spiro atoms. The molecule has 1 atom stereocenters. The number of amides is 2. The largest absolute Gasteiger partial charge is 0.507 e. The van der Waals surface area contributed by atoms with Crippen molar-refractivity contribution in [2.45, 2.75) is 72.3 Å². The Kier molecular flexibility index (Phi) is 6.76. The first-order valence-corrected chi connectivity index (χ1v) is 10.8. The Labute approximate surface area is 182 Å². The first kappa shape index (κ1) is 24.0. The Hall–Kier alpha value is -2.28. The summed E-state index contributed by atoms with van der Waals surface area (Å²) in [6, 6.07) is 2.69. The zero-order valence-corrected chi connectivity index (χ0v) is 19.8. The topological polar surface area (TPSA) is 83.9 Å². The van der Waals surface area contributed by atoms with E-state index in [0.717, 1.165) is 33.4 Å². The van der Waals surface area contributed by atoms with Gasteiger partial charge in [0.15, 0.2) is 0 Å². The molecule has 7 heteroatoms. The monoisotopic (exact) mass is 433 g/mol. The number of phenols is 1. The third-order valence-electron chi connectivity index (χ3n) is 4.88. The second-order valence-corrected chi connectivity index (χ2v) is 10.4. The number of imide groups is 1. The van der Waals surface area contributed by atoms with Gasteiger partial charge < -0.3 is 9.84 Å². The summed E-state index contributed by atoms with van der Waals surface area (Å²) in [6.45, 7) is 15.4. The van der Waals surface area contributed by atoms with Crippen molar-refractivity contribution in [3.8, 4) is 5.75 Å². The molecule has 1 aliphatic heterocycles. The number of carbonyl (C=O) groups is 3. The second-order valence-electron chi connectivity index (χ2n) is 9.44. The maximum Gasteiger partial charge on any atom is 0.329 e. The van der Waals surface area contributed by atoms with Crippen LogP contribution < -0.4 is 0 Å². The maximum absolute atomic E-state index is 12.9. The summed E-state index contributed by atoms with van der Waals surface area (Å²) in [7, 11) is 0. The number of hydrogen-bond donors (Lipinski definition) is 1. The minimum atomic E-state index is -0.988. The molecule has 2 amide bonds. The minimum absolute atomic E-state index is 0.175. The molecule has 1 aromatic rings. The minimum Gasteiger partial charge on any atom is -0.507 e. The highest BCUT2D eigenvalue weighted by Crippen LogP contribution is 2.41. The summed E-state index contributed by atoms with van der Waals surface area (Å²) in [6.07, 6.45) is 1.65. The molecular weight excluding hydrogens is 402 g/mol. The fraction of sp³-hybridized carbons (Fsp3) is 0.522. The number of ether oxygens (including phenoxy) is 1. The lowest BCUT2D eigenvalue weighted by Gasteiger charge is -2.28. The molecule has 0 aromatic heterocycles. The van der Waals surface area contributed by atoms with E-state index in [4.69, 9.17) is 4.74 Å². The molecule has 30 heavy (non-hydrogen) atoms. The van der Waals surface area contributed by atoms with E-state index in [0.29, 0.717) is 0 Å². The number of carbonyl (C=O) groups excluding carboxylic acids is 3. The van der Waals surface area contributed by atoms with E-state index in [1.54, 1.807) is 13.0 Å².